The molecule has 0 saturated heterocycles. The summed E-state index contributed by atoms with van der Waals surface area (Å²) in [7, 11) is 0. The van der Waals surface area contributed by atoms with Crippen LogP contribution in [0.4, 0.5) is 0 Å². The third-order valence-electron chi connectivity index (χ3n) is 7.34. The predicted octanol–water partition coefficient (Wildman–Crippen LogP) is 4.63. The van der Waals surface area contributed by atoms with E-state index in [2.05, 4.69) is 67.8 Å². The molecule has 3 aliphatic rings. The van der Waals surface area contributed by atoms with Crippen molar-refractivity contribution in [2.45, 2.75) is 57.5 Å². The lowest BCUT2D eigenvalue weighted by Gasteiger charge is -2.39. The van der Waals surface area contributed by atoms with Crippen molar-refractivity contribution in [3.63, 3.8) is 0 Å². The van der Waals surface area contributed by atoms with Gasteiger partial charge in [-0.05, 0) is 71.1 Å². The molecule has 0 radical (unpaired) electrons. The first kappa shape index (κ1) is 20.3. The molecule has 2 saturated carbocycles. The minimum absolute atomic E-state index is 0.127. The van der Waals surface area contributed by atoms with Gasteiger partial charge in [-0.25, -0.2) is 5.10 Å². The Hall–Kier alpha value is -3.35. The van der Waals surface area contributed by atoms with Gasteiger partial charge in [0.15, 0.2) is 5.82 Å². The Balaban J connectivity index is 1.31. The van der Waals surface area contributed by atoms with Crippen molar-refractivity contribution >= 4 is 11.7 Å². The second kappa shape index (κ2) is 7.90. The third kappa shape index (κ3) is 3.37. The number of benzene rings is 2. The summed E-state index contributed by atoms with van der Waals surface area (Å²) in [5.74, 6) is 2.72. The van der Waals surface area contributed by atoms with Crippen molar-refractivity contribution < 1.29 is 4.79 Å². The molecule has 0 atom stereocenters. The van der Waals surface area contributed by atoms with Gasteiger partial charge in [0.1, 0.15) is 11.4 Å². The number of aromatic amines is 1. The maximum absolute atomic E-state index is 13.3. The zero-order valence-corrected chi connectivity index (χ0v) is 18.9. The number of nitrogens with zero attached hydrogens (tertiary/aromatic N) is 5. The van der Waals surface area contributed by atoms with E-state index in [4.69, 9.17) is 0 Å². The lowest BCUT2D eigenvalue weighted by Crippen LogP contribution is -2.54. The van der Waals surface area contributed by atoms with E-state index in [9.17, 15) is 4.79 Å². The summed E-state index contributed by atoms with van der Waals surface area (Å²) in [6, 6.07) is 16.8. The molecule has 6 rings (SSSR count). The van der Waals surface area contributed by atoms with Gasteiger partial charge < -0.3 is 4.90 Å². The highest BCUT2D eigenvalue weighted by atomic mass is 16.2. The van der Waals surface area contributed by atoms with Crippen LogP contribution >= 0.6 is 0 Å². The van der Waals surface area contributed by atoms with E-state index in [0.717, 1.165) is 67.6 Å². The Labute approximate surface area is 193 Å². The fraction of sp³-hybridized carbons (Fsp3) is 0.423. The molecular formula is C26H28N6O. The van der Waals surface area contributed by atoms with E-state index in [-0.39, 0.29) is 11.4 Å². The van der Waals surface area contributed by atoms with Gasteiger partial charge in [-0.1, -0.05) is 55.5 Å². The van der Waals surface area contributed by atoms with E-state index in [0.29, 0.717) is 17.7 Å². The standard InChI is InChI=1S/C26H28N6O/c1-2-5-23-27-25(33)26(19-12-13-19,20-14-15-20)32(23)16-17-8-10-18(11-9-17)21-6-3-4-7-22(21)24-28-30-31-29-24/h3-4,6-11,19-20H,2,5,12-16H2,1H3,(H,28,29,30,31). The van der Waals surface area contributed by atoms with Crippen molar-refractivity contribution in [2.75, 3.05) is 0 Å². The summed E-state index contributed by atoms with van der Waals surface area (Å²) in [4.78, 5) is 20.3. The van der Waals surface area contributed by atoms with Gasteiger partial charge in [-0.2, -0.15) is 4.99 Å². The normalized spacial score (nSPS) is 19.7. The van der Waals surface area contributed by atoms with Crippen molar-refractivity contribution in [2.24, 2.45) is 16.8 Å². The van der Waals surface area contributed by atoms with Gasteiger partial charge in [0.25, 0.3) is 5.91 Å². The fourth-order valence-corrected chi connectivity index (χ4v) is 5.59. The summed E-state index contributed by atoms with van der Waals surface area (Å²) in [5.41, 5.74) is 3.99. The number of carbonyl (C=O) groups is 1. The third-order valence-corrected chi connectivity index (χ3v) is 7.34. The molecule has 1 amide bonds. The Bertz CT molecular complexity index is 1180. The minimum atomic E-state index is -0.380. The number of carbonyl (C=O) groups excluding carboxylic acids is 1. The summed E-state index contributed by atoms with van der Waals surface area (Å²) >= 11 is 0. The first-order chi connectivity index (χ1) is 16.2. The molecule has 0 spiro atoms. The highest BCUT2D eigenvalue weighted by molar-refractivity contribution is 6.07. The summed E-state index contributed by atoms with van der Waals surface area (Å²) < 4.78 is 0. The molecule has 1 aliphatic heterocycles. The Morgan fingerprint density at radius 1 is 1.00 bits per heavy atom. The largest absolute Gasteiger partial charge is 0.340 e. The first-order valence-corrected chi connectivity index (χ1v) is 12.0. The average Bonchev–Trinajstić information content (AvgIpc) is 3.78. The van der Waals surface area contributed by atoms with E-state index in [1.807, 2.05) is 18.2 Å². The van der Waals surface area contributed by atoms with Gasteiger partial charge in [0.05, 0.1) is 0 Å². The minimum Gasteiger partial charge on any atom is -0.340 e. The number of tetrazole rings is 1. The van der Waals surface area contributed by atoms with Crippen LogP contribution in [0.1, 0.15) is 51.0 Å². The fourth-order valence-electron chi connectivity index (χ4n) is 5.59. The molecule has 1 aromatic heterocycles. The predicted molar refractivity (Wildman–Crippen MR) is 126 cm³/mol. The summed E-state index contributed by atoms with van der Waals surface area (Å²) in [6.07, 6.45) is 6.48. The highest BCUT2D eigenvalue weighted by Gasteiger charge is 2.65. The van der Waals surface area contributed by atoms with Crippen LogP contribution in [0.3, 0.4) is 0 Å². The topological polar surface area (TPSA) is 87.1 Å². The molecule has 0 unspecified atom stereocenters. The van der Waals surface area contributed by atoms with Gasteiger partial charge in [0.2, 0.25) is 0 Å². The number of amides is 1. The van der Waals surface area contributed by atoms with E-state index < -0.39 is 0 Å². The molecule has 3 aromatic rings. The molecule has 2 fully saturated rings. The second-order valence-electron chi connectivity index (χ2n) is 9.54. The molecule has 33 heavy (non-hydrogen) atoms. The molecule has 168 valence electrons. The van der Waals surface area contributed by atoms with Crippen LogP contribution in [-0.4, -0.2) is 42.8 Å². The van der Waals surface area contributed by atoms with Crippen LogP contribution in [0.2, 0.25) is 0 Å². The van der Waals surface area contributed by atoms with Crippen LogP contribution in [0, 0.1) is 11.8 Å². The van der Waals surface area contributed by atoms with Crippen LogP contribution in [-0.2, 0) is 11.3 Å². The highest BCUT2D eigenvalue weighted by Crippen LogP contribution is 2.58. The Morgan fingerprint density at radius 3 is 2.30 bits per heavy atom. The SMILES string of the molecule is CCCC1=NC(=O)C(C2CC2)(C2CC2)N1Cc1ccc(-c2ccccc2-c2nnn[nH]2)cc1. The summed E-state index contributed by atoms with van der Waals surface area (Å²) in [5, 5.41) is 14.4. The van der Waals surface area contributed by atoms with E-state index in [1.165, 1.54) is 5.56 Å². The van der Waals surface area contributed by atoms with Gasteiger partial charge >= 0.3 is 0 Å². The molecule has 2 heterocycles. The van der Waals surface area contributed by atoms with Gasteiger partial charge in [-0.15, -0.1) is 5.10 Å². The molecular weight excluding hydrogens is 412 g/mol. The van der Waals surface area contributed by atoms with Crippen LogP contribution in [0.15, 0.2) is 53.5 Å². The Morgan fingerprint density at radius 2 is 1.70 bits per heavy atom. The number of nitrogens with one attached hydrogen (secondary N) is 1. The number of hydrogen-bond acceptors (Lipinski definition) is 5. The zero-order valence-electron chi connectivity index (χ0n) is 18.9. The van der Waals surface area contributed by atoms with Crippen molar-refractivity contribution in [1.82, 2.24) is 25.5 Å². The molecule has 2 aromatic carbocycles. The zero-order chi connectivity index (χ0) is 22.4. The quantitative estimate of drug-likeness (QED) is 0.552. The maximum Gasteiger partial charge on any atom is 0.273 e. The molecule has 1 N–H and O–H groups in total. The van der Waals surface area contributed by atoms with Gasteiger partial charge in [-0.3, -0.25) is 4.79 Å². The van der Waals surface area contributed by atoms with Crippen molar-refractivity contribution in [3.8, 4) is 22.5 Å². The van der Waals surface area contributed by atoms with Crippen LogP contribution in [0.25, 0.3) is 22.5 Å². The summed E-state index contributed by atoms with van der Waals surface area (Å²) in [6.45, 7) is 2.90. The monoisotopic (exact) mass is 440 g/mol. The van der Waals surface area contributed by atoms with E-state index >= 15 is 0 Å². The average molecular weight is 441 g/mol. The number of aliphatic imine (C=N–C) groups is 1. The smallest absolute Gasteiger partial charge is 0.273 e. The maximum atomic E-state index is 13.3. The second-order valence-corrected chi connectivity index (χ2v) is 9.54. The van der Waals surface area contributed by atoms with Crippen molar-refractivity contribution in [1.29, 1.82) is 0 Å². The molecule has 7 nitrogen and oxygen atoms in total. The first-order valence-electron chi connectivity index (χ1n) is 12.0. The molecule has 2 aliphatic carbocycles. The molecule has 7 heteroatoms. The molecule has 0 bridgehead atoms. The lowest BCUT2D eigenvalue weighted by molar-refractivity contribution is -0.128. The van der Waals surface area contributed by atoms with Crippen LogP contribution < -0.4 is 0 Å². The van der Waals surface area contributed by atoms with Crippen LogP contribution in [0.5, 0.6) is 0 Å². The number of rotatable bonds is 8. The number of H-pyrrole nitrogens is 1. The van der Waals surface area contributed by atoms with Gasteiger partial charge in [0, 0.05) is 18.5 Å². The van der Waals surface area contributed by atoms with E-state index in [1.54, 1.807) is 0 Å². The number of aromatic nitrogens is 4. The Kier molecular flexibility index (Phi) is 4.85. The van der Waals surface area contributed by atoms with Crippen molar-refractivity contribution in [3.05, 3.63) is 54.1 Å². The number of amidine groups is 1. The number of hydrogen-bond donors (Lipinski definition) is 1. The lowest BCUT2D eigenvalue weighted by atomic mass is 9.84.